The first-order valence-electron chi connectivity index (χ1n) is 9.84. The average Bonchev–Trinajstić information content (AvgIpc) is 3.10. The van der Waals surface area contributed by atoms with Gasteiger partial charge in [0.1, 0.15) is 29.2 Å². The summed E-state index contributed by atoms with van der Waals surface area (Å²) < 4.78 is 44.0. The van der Waals surface area contributed by atoms with Crippen molar-refractivity contribution in [2.24, 2.45) is 0 Å². The minimum atomic E-state index is -0.495. The van der Waals surface area contributed by atoms with Crippen molar-refractivity contribution >= 4 is 17.5 Å². The molecule has 2 aromatic rings. The predicted molar refractivity (Wildman–Crippen MR) is 107 cm³/mol. The second-order valence-electron chi connectivity index (χ2n) is 7.68. The van der Waals surface area contributed by atoms with Crippen LogP contribution in [0.2, 0.25) is 5.02 Å². The van der Waals surface area contributed by atoms with E-state index in [9.17, 15) is 13.6 Å². The van der Waals surface area contributed by atoms with Crippen LogP contribution in [0.25, 0.3) is 0 Å². The number of carbonyl (C=O) groups is 1. The summed E-state index contributed by atoms with van der Waals surface area (Å²) in [4.78, 5) is 14.3. The van der Waals surface area contributed by atoms with E-state index in [2.05, 4.69) is 0 Å². The molecule has 1 spiro atoms. The Morgan fingerprint density at radius 1 is 1.23 bits per heavy atom. The Hall–Kier alpha value is -2.38. The summed E-state index contributed by atoms with van der Waals surface area (Å²) >= 11 is 5.81. The van der Waals surface area contributed by atoms with Crippen molar-refractivity contribution in [3.8, 4) is 11.5 Å². The Balaban J connectivity index is 1.32. The molecule has 4 rings (SSSR count). The molecule has 2 saturated heterocycles. The number of nitrogens with zero attached hydrogens (tertiary/aromatic N) is 1. The van der Waals surface area contributed by atoms with Crippen LogP contribution >= 0.6 is 11.6 Å². The second kappa shape index (κ2) is 8.78. The van der Waals surface area contributed by atoms with Crippen LogP contribution in [-0.2, 0) is 9.53 Å². The Labute approximate surface area is 178 Å². The molecule has 5 nitrogen and oxygen atoms in total. The molecule has 2 aromatic carbocycles. The fraction of sp³-hybridized carbons (Fsp3) is 0.409. The lowest BCUT2D eigenvalue weighted by atomic mass is 9.89. The Bertz CT molecular complexity index is 928. The molecule has 8 heteroatoms. The molecule has 2 fully saturated rings. The van der Waals surface area contributed by atoms with E-state index in [4.69, 9.17) is 25.8 Å². The number of amides is 1. The smallest absolute Gasteiger partial charge is 0.260 e. The van der Waals surface area contributed by atoms with E-state index < -0.39 is 17.2 Å². The zero-order valence-corrected chi connectivity index (χ0v) is 17.0. The van der Waals surface area contributed by atoms with Gasteiger partial charge < -0.3 is 19.1 Å². The summed E-state index contributed by atoms with van der Waals surface area (Å²) in [5.74, 6) is -0.274. The number of likely N-dealkylation sites (tertiary alicyclic amines) is 1. The van der Waals surface area contributed by atoms with Crippen molar-refractivity contribution in [3.05, 3.63) is 59.1 Å². The summed E-state index contributed by atoms with van der Waals surface area (Å²) in [6, 6.07) is 9.95. The van der Waals surface area contributed by atoms with Crippen LogP contribution in [-0.4, -0.2) is 48.8 Å². The van der Waals surface area contributed by atoms with Crippen molar-refractivity contribution in [1.82, 2.24) is 4.90 Å². The zero-order chi connectivity index (χ0) is 21.1. The van der Waals surface area contributed by atoms with Crippen LogP contribution in [0, 0.1) is 11.6 Å². The molecular weight excluding hydrogens is 416 g/mol. The van der Waals surface area contributed by atoms with Gasteiger partial charge in [0.25, 0.3) is 5.91 Å². The summed E-state index contributed by atoms with van der Waals surface area (Å²) in [6.45, 7) is 1.29. The molecule has 160 valence electrons. The van der Waals surface area contributed by atoms with Gasteiger partial charge in [0.2, 0.25) is 0 Å². The molecule has 2 aliphatic rings. The SMILES string of the molecule is O=C(COc1cccc(F)c1)N1CCC[C@@]2(C[C@@H](Oc3ccc(F)c(Cl)c3)CO2)C1. The number of ether oxygens (including phenoxy) is 3. The van der Waals surface area contributed by atoms with Crippen LogP contribution in [0.5, 0.6) is 11.5 Å². The van der Waals surface area contributed by atoms with Crippen molar-refractivity contribution < 1.29 is 27.8 Å². The maximum absolute atomic E-state index is 13.3. The number of benzene rings is 2. The van der Waals surface area contributed by atoms with Gasteiger partial charge in [-0.15, -0.1) is 0 Å². The molecule has 0 bridgehead atoms. The van der Waals surface area contributed by atoms with Crippen molar-refractivity contribution in [2.75, 3.05) is 26.3 Å². The summed E-state index contributed by atoms with van der Waals surface area (Å²) in [6.07, 6.45) is 2.05. The minimum absolute atomic E-state index is 0.00821. The number of carbonyl (C=O) groups excluding carboxylic acids is 1. The first-order chi connectivity index (χ1) is 14.4. The molecule has 0 saturated carbocycles. The van der Waals surface area contributed by atoms with Gasteiger partial charge in [-0.05, 0) is 37.1 Å². The second-order valence-corrected chi connectivity index (χ2v) is 8.09. The lowest BCUT2D eigenvalue weighted by molar-refractivity contribution is -0.141. The van der Waals surface area contributed by atoms with Gasteiger partial charge >= 0.3 is 0 Å². The third kappa shape index (κ3) is 4.84. The van der Waals surface area contributed by atoms with Gasteiger partial charge in [0, 0.05) is 31.6 Å². The number of hydrogen-bond donors (Lipinski definition) is 0. The highest BCUT2D eigenvalue weighted by molar-refractivity contribution is 6.30. The maximum Gasteiger partial charge on any atom is 0.260 e. The first kappa shape index (κ1) is 20.9. The predicted octanol–water partition coefficient (Wildman–Crippen LogP) is 4.23. The summed E-state index contributed by atoms with van der Waals surface area (Å²) in [5, 5.41) is 0.00821. The average molecular weight is 438 g/mol. The molecule has 2 heterocycles. The van der Waals surface area contributed by atoms with Crippen LogP contribution in [0.3, 0.4) is 0 Å². The highest BCUT2D eigenvalue weighted by atomic mass is 35.5. The molecule has 2 atom stereocenters. The lowest BCUT2D eigenvalue weighted by Crippen LogP contribution is -2.51. The Kier molecular flexibility index (Phi) is 6.11. The van der Waals surface area contributed by atoms with Crippen LogP contribution in [0.1, 0.15) is 19.3 Å². The molecule has 30 heavy (non-hydrogen) atoms. The third-order valence-electron chi connectivity index (χ3n) is 5.42. The molecule has 0 N–H and O–H groups in total. The highest BCUT2D eigenvalue weighted by Gasteiger charge is 2.45. The zero-order valence-electron chi connectivity index (χ0n) is 16.3. The van der Waals surface area contributed by atoms with E-state index in [1.54, 1.807) is 11.0 Å². The van der Waals surface area contributed by atoms with Crippen LogP contribution in [0.15, 0.2) is 42.5 Å². The molecule has 0 unspecified atom stereocenters. The summed E-state index contributed by atoms with van der Waals surface area (Å²) in [5.41, 5.74) is -0.471. The molecule has 0 aliphatic carbocycles. The van der Waals surface area contributed by atoms with E-state index in [0.29, 0.717) is 37.6 Å². The maximum atomic E-state index is 13.3. The molecule has 2 aliphatic heterocycles. The Morgan fingerprint density at radius 3 is 2.90 bits per heavy atom. The number of hydrogen-bond acceptors (Lipinski definition) is 4. The van der Waals surface area contributed by atoms with Crippen molar-refractivity contribution in [3.63, 3.8) is 0 Å². The van der Waals surface area contributed by atoms with E-state index in [-0.39, 0.29) is 23.6 Å². The Morgan fingerprint density at radius 2 is 2.10 bits per heavy atom. The monoisotopic (exact) mass is 437 g/mol. The number of piperidine rings is 1. The number of rotatable bonds is 5. The standard InChI is InChI=1S/C22H22ClF2NO4/c23-19-10-17(5-6-20(19)25)30-18-11-22(29-12-18)7-2-8-26(14-22)21(27)13-28-16-4-1-3-15(24)9-16/h1,3-6,9-10,18H,2,7-8,11-14H2/t18-,22-/m1/s1. The lowest BCUT2D eigenvalue weighted by Gasteiger charge is -2.39. The molecule has 0 aromatic heterocycles. The topological polar surface area (TPSA) is 48.0 Å². The van der Waals surface area contributed by atoms with Gasteiger partial charge in [-0.2, -0.15) is 0 Å². The normalized spacial score (nSPS) is 23.6. The van der Waals surface area contributed by atoms with Crippen LogP contribution in [0.4, 0.5) is 8.78 Å². The number of halogens is 3. The van der Waals surface area contributed by atoms with Crippen LogP contribution < -0.4 is 9.47 Å². The molecule has 1 amide bonds. The van der Waals surface area contributed by atoms with Gasteiger partial charge in [0.15, 0.2) is 6.61 Å². The third-order valence-corrected chi connectivity index (χ3v) is 5.71. The highest BCUT2D eigenvalue weighted by Crippen LogP contribution is 2.36. The fourth-order valence-corrected chi connectivity index (χ4v) is 4.18. The molecular formula is C22H22ClF2NO4. The molecule has 0 radical (unpaired) electrons. The fourth-order valence-electron chi connectivity index (χ4n) is 4.01. The minimum Gasteiger partial charge on any atom is -0.488 e. The van der Waals surface area contributed by atoms with Gasteiger partial charge in [-0.1, -0.05) is 17.7 Å². The van der Waals surface area contributed by atoms with Gasteiger partial charge in [-0.25, -0.2) is 8.78 Å². The van der Waals surface area contributed by atoms with Crippen molar-refractivity contribution in [2.45, 2.75) is 31.0 Å². The first-order valence-corrected chi connectivity index (χ1v) is 10.2. The summed E-state index contributed by atoms with van der Waals surface area (Å²) in [7, 11) is 0. The van der Waals surface area contributed by atoms with Crippen molar-refractivity contribution in [1.29, 1.82) is 0 Å². The van der Waals surface area contributed by atoms with E-state index in [1.165, 1.54) is 36.4 Å². The quantitative estimate of drug-likeness (QED) is 0.702. The van der Waals surface area contributed by atoms with E-state index in [0.717, 1.165) is 12.8 Å². The van der Waals surface area contributed by atoms with Gasteiger partial charge in [0.05, 0.1) is 17.2 Å². The van der Waals surface area contributed by atoms with E-state index >= 15 is 0 Å². The largest absolute Gasteiger partial charge is 0.488 e. The van der Waals surface area contributed by atoms with Gasteiger partial charge in [-0.3, -0.25) is 4.79 Å². The van der Waals surface area contributed by atoms with E-state index in [1.807, 2.05) is 0 Å².